The molecule has 1 heterocycles. The van der Waals surface area contributed by atoms with E-state index in [1.165, 1.54) is 37.7 Å². The maximum Gasteiger partial charge on any atom is 0.197 e. The van der Waals surface area contributed by atoms with Crippen LogP contribution >= 0.6 is 0 Å². The predicted molar refractivity (Wildman–Crippen MR) is 53.3 cm³/mol. The van der Waals surface area contributed by atoms with Crippen LogP contribution in [-0.2, 0) is 6.42 Å². The summed E-state index contributed by atoms with van der Waals surface area (Å²) in [6, 6.07) is 0. The zero-order valence-corrected chi connectivity index (χ0v) is 8.29. The van der Waals surface area contributed by atoms with Crippen molar-refractivity contribution in [2.75, 3.05) is 0 Å². The molecule has 13 heavy (non-hydrogen) atoms. The Labute approximate surface area is 80.4 Å². The average molecular weight is 177 g/mol. The molecule has 0 atom stereocenters. The van der Waals surface area contributed by atoms with Crippen LogP contribution in [0, 0.1) is 6.33 Å². The fourth-order valence-electron chi connectivity index (χ4n) is 1.35. The first kappa shape index (κ1) is 10.2. The minimum Gasteiger partial charge on any atom is -0.234 e. The van der Waals surface area contributed by atoms with E-state index >= 15 is 0 Å². The van der Waals surface area contributed by atoms with Crippen molar-refractivity contribution in [1.82, 2.24) is 9.97 Å². The Morgan fingerprint density at radius 1 is 1.08 bits per heavy atom. The van der Waals surface area contributed by atoms with Crippen molar-refractivity contribution in [3.05, 3.63) is 24.3 Å². The standard InChI is InChI=1S/C11H17N2/c1-2-3-4-5-6-7-11-8-12-10-13-9-11/h8-9H,2-7H2,1H3. The third-order valence-corrected chi connectivity index (χ3v) is 2.15. The number of unbranched alkanes of at least 4 members (excludes halogenated alkanes) is 4. The van der Waals surface area contributed by atoms with Crippen molar-refractivity contribution in [3.8, 4) is 0 Å². The lowest BCUT2D eigenvalue weighted by atomic mass is 10.1. The third kappa shape index (κ3) is 4.61. The summed E-state index contributed by atoms with van der Waals surface area (Å²) in [6.45, 7) is 2.24. The van der Waals surface area contributed by atoms with Crippen LogP contribution in [0.15, 0.2) is 12.4 Å². The number of hydrogen-bond donors (Lipinski definition) is 0. The molecule has 0 spiro atoms. The van der Waals surface area contributed by atoms with E-state index in [1.807, 2.05) is 12.4 Å². The van der Waals surface area contributed by atoms with E-state index in [2.05, 4.69) is 23.2 Å². The fourth-order valence-corrected chi connectivity index (χ4v) is 1.35. The van der Waals surface area contributed by atoms with Gasteiger partial charge >= 0.3 is 0 Å². The molecule has 2 heteroatoms. The molecule has 0 aliphatic rings. The van der Waals surface area contributed by atoms with Crippen LogP contribution in [0.3, 0.4) is 0 Å². The molecule has 1 aromatic heterocycles. The minimum atomic E-state index is 1.11. The molecular formula is C11H17N2. The van der Waals surface area contributed by atoms with E-state index in [4.69, 9.17) is 0 Å². The first-order chi connectivity index (χ1) is 6.43. The topological polar surface area (TPSA) is 25.8 Å². The molecule has 1 rings (SSSR count). The van der Waals surface area contributed by atoms with Gasteiger partial charge in [0.15, 0.2) is 6.33 Å². The molecule has 0 bridgehead atoms. The first-order valence-corrected chi connectivity index (χ1v) is 5.10. The van der Waals surface area contributed by atoms with Gasteiger partial charge in [-0.3, -0.25) is 0 Å². The summed E-state index contributed by atoms with van der Waals surface area (Å²) in [4.78, 5) is 7.73. The lowest BCUT2D eigenvalue weighted by molar-refractivity contribution is 0.631. The molecule has 0 saturated heterocycles. The van der Waals surface area contributed by atoms with Crippen molar-refractivity contribution < 1.29 is 0 Å². The SMILES string of the molecule is CCCCCCCc1cn[c]nc1. The molecule has 1 aromatic rings. The summed E-state index contributed by atoms with van der Waals surface area (Å²) in [7, 11) is 0. The summed E-state index contributed by atoms with van der Waals surface area (Å²) in [5.41, 5.74) is 1.23. The summed E-state index contributed by atoms with van der Waals surface area (Å²) >= 11 is 0. The second kappa shape index (κ2) is 6.58. The van der Waals surface area contributed by atoms with Gasteiger partial charge in [-0.1, -0.05) is 32.6 Å². The highest BCUT2D eigenvalue weighted by molar-refractivity contribution is 5.01. The van der Waals surface area contributed by atoms with Gasteiger partial charge in [0.05, 0.1) is 0 Å². The highest BCUT2D eigenvalue weighted by Crippen LogP contribution is 2.06. The molecule has 0 aliphatic carbocycles. The minimum absolute atomic E-state index is 1.11. The number of aromatic nitrogens is 2. The molecule has 0 aromatic carbocycles. The van der Waals surface area contributed by atoms with E-state index < -0.39 is 0 Å². The van der Waals surface area contributed by atoms with Crippen LogP contribution in [0.25, 0.3) is 0 Å². The number of hydrogen-bond acceptors (Lipinski definition) is 2. The zero-order chi connectivity index (χ0) is 9.36. The first-order valence-electron chi connectivity index (χ1n) is 5.10. The number of nitrogens with zero attached hydrogens (tertiary/aromatic N) is 2. The molecule has 0 amide bonds. The van der Waals surface area contributed by atoms with Gasteiger partial charge in [0.25, 0.3) is 0 Å². The van der Waals surface area contributed by atoms with Gasteiger partial charge in [-0.2, -0.15) is 0 Å². The Morgan fingerprint density at radius 2 is 1.77 bits per heavy atom. The Morgan fingerprint density at radius 3 is 2.46 bits per heavy atom. The smallest absolute Gasteiger partial charge is 0.197 e. The predicted octanol–water partition coefficient (Wildman–Crippen LogP) is 2.79. The van der Waals surface area contributed by atoms with Crippen molar-refractivity contribution in [3.63, 3.8) is 0 Å². The molecule has 0 saturated carbocycles. The fraction of sp³-hybridized carbons (Fsp3) is 0.636. The molecule has 2 nitrogen and oxygen atoms in total. The summed E-state index contributed by atoms with van der Waals surface area (Å²) < 4.78 is 0. The van der Waals surface area contributed by atoms with Gasteiger partial charge in [0.2, 0.25) is 0 Å². The van der Waals surface area contributed by atoms with Crippen molar-refractivity contribution in [2.24, 2.45) is 0 Å². The molecule has 1 radical (unpaired) electrons. The lowest BCUT2D eigenvalue weighted by Crippen LogP contribution is -1.88. The monoisotopic (exact) mass is 177 g/mol. The average Bonchev–Trinajstić information content (AvgIpc) is 2.19. The van der Waals surface area contributed by atoms with E-state index in [9.17, 15) is 0 Å². The van der Waals surface area contributed by atoms with E-state index in [0.717, 1.165) is 6.42 Å². The quantitative estimate of drug-likeness (QED) is 0.624. The van der Waals surface area contributed by atoms with Crippen LogP contribution in [0.5, 0.6) is 0 Å². The van der Waals surface area contributed by atoms with Crippen LogP contribution in [0.2, 0.25) is 0 Å². The highest BCUT2D eigenvalue weighted by atomic mass is 14.8. The lowest BCUT2D eigenvalue weighted by Gasteiger charge is -1.99. The van der Waals surface area contributed by atoms with E-state index in [0.29, 0.717) is 0 Å². The maximum atomic E-state index is 3.86. The van der Waals surface area contributed by atoms with Crippen LogP contribution < -0.4 is 0 Å². The van der Waals surface area contributed by atoms with E-state index in [1.54, 1.807) is 0 Å². The van der Waals surface area contributed by atoms with Gasteiger partial charge in [0, 0.05) is 12.4 Å². The molecular weight excluding hydrogens is 160 g/mol. The normalized spacial score (nSPS) is 10.2. The Hall–Kier alpha value is -0.920. The van der Waals surface area contributed by atoms with Gasteiger partial charge in [-0.25, -0.2) is 9.97 Å². The van der Waals surface area contributed by atoms with Crippen LogP contribution in [0.1, 0.15) is 44.6 Å². The summed E-state index contributed by atoms with van der Waals surface area (Å²) in [5, 5.41) is 0. The van der Waals surface area contributed by atoms with Crippen LogP contribution in [0.4, 0.5) is 0 Å². The van der Waals surface area contributed by atoms with Gasteiger partial charge in [0.1, 0.15) is 0 Å². The Balaban J connectivity index is 2.07. The third-order valence-electron chi connectivity index (χ3n) is 2.15. The van der Waals surface area contributed by atoms with E-state index in [-0.39, 0.29) is 0 Å². The number of aryl methyl sites for hydroxylation is 1. The maximum absolute atomic E-state index is 3.86. The molecule has 0 fully saturated rings. The second-order valence-corrected chi connectivity index (χ2v) is 3.36. The highest BCUT2D eigenvalue weighted by Gasteiger charge is 1.93. The van der Waals surface area contributed by atoms with Crippen molar-refractivity contribution in [1.29, 1.82) is 0 Å². The van der Waals surface area contributed by atoms with Gasteiger partial charge < -0.3 is 0 Å². The molecule has 0 unspecified atom stereocenters. The van der Waals surface area contributed by atoms with Crippen molar-refractivity contribution >= 4 is 0 Å². The van der Waals surface area contributed by atoms with Crippen molar-refractivity contribution in [2.45, 2.75) is 45.4 Å². The Bertz CT molecular complexity index is 209. The summed E-state index contributed by atoms with van der Waals surface area (Å²) in [6.07, 6.45) is 14.0. The van der Waals surface area contributed by atoms with Gasteiger partial charge in [-0.05, 0) is 18.4 Å². The summed E-state index contributed by atoms with van der Waals surface area (Å²) in [5.74, 6) is 0. The number of rotatable bonds is 6. The molecule has 0 N–H and O–H groups in total. The zero-order valence-electron chi connectivity index (χ0n) is 8.29. The van der Waals surface area contributed by atoms with Crippen LogP contribution in [-0.4, -0.2) is 9.97 Å². The second-order valence-electron chi connectivity index (χ2n) is 3.36. The molecule has 0 aliphatic heterocycles. The Kier molecular flexibility index (Phi) is 5.14. The molecule has 71 valence electrons. The largest absolute Gasteiger partial charge is 0.234 e. The van der Waals surface area contributed by atoms with Gasteiger partial charge in [-0.15, -0.1) is 0 Å².